The van der Waals surface area contributed by atoms with Crippen LogP contribution in [0.2, 0.25) is 5.02 Å². The lowest BCUT2D eigenvalue weighted by Crippen LogP contribution is -2.28. The van der Waals surface area contributed by atoms with E-state index >= 15 is 0 Å². The molecule has 1 amide bonds. The minimum absolute atomic E-state index is 0.00717. The topological polar surface area (TPSA) is 64.6 Å². The Bertz CT molecular complexity index is 798. The van der Waals surface area contributed by atoms with Gasteiger partial charge in [0.1, 0.15) is 5.82 Å². The van der Waals surface area contributed by atoms with Gasteiger partial charge >= 0.3 is 5.97 Å². The zero-order valence-corrected chi connectivity index (χ0v) is 13.9. The first-order valence-electron chi connectivity index (χ1n) is 7.12. The van der Waals surface area contributed by atoms with Crippen molar-refractivity contribution in [2.75, 3.05) is 13.7 Å². The number of esters is 1. The first kappa shape index (κ1) is 18.7. The molecule has 2 rings (SSSR count). The molecule has 8 heteroatoms. The first-order chi connectivity index (χ1) is 11.9. The number of halogens is 3. The summed E-state index contributed by atoms with van der Waals surface area (Å²) in [5, 5.41) is 2.43. The Kier molecular flexibility index (Phi) is 6.30. The molecule has 5 nitrogen and oxygen atoms in total. The van der Waals surface area contributed by atoms with Crippen LogP contribution in [0.5, 0.6) is 5.75 Å². The van der Waals surface area contributed by atoms with Crippen molar-refractivity contribution < 1.29 is 27.8 Å². The van der Waals surface area contributed by atoms with Gasteiger partial charge in [-0.15, -0.1) is 0 Å². The molecular weight excluding hydrogens is 356 g/mol. The third-order valence-electron chi connectivity index (χ3n) is 3.20. The van der Waals surface area contributed by atoms with E-state index in [0.717, 1.165) is 6.07 Å². The predicted octanol–water partition coefficient (Wildman–Crippen LogP) is 3.10. The Labute approximate surface area is 147 Å². The van der Waals surface area contributed by atoms with E-state index in [9.17, 15) is 18.4 Å². The number of rotatable bonds is 6. The van der Waals surface area contributed by atoms with E-state index in [0.29, 0.717) is 5.56 Å². The number of nitrogens with one attached hydrogen (secondary N) is 1. The standard InChI is InChI=1S/C17H14ClF2NO4/c1-24-15-5-3-11(7-14(15)20)17(23)25-9-16(22)21-8-10-2-4-13(19)12(18)6-10/h2-7H,8-9H2,1H3,(H,21,22). The van der Waals surface area contributed by atoms with Gasteiger partial charge in [-0.05, 0) is 35.9 Å². The molecule has 0 saturated carbocycles. The molecule has 0 heterocycles. The summed E-state index contributed by atoms with van der Waals surface area (Å²) in [6.45, 7) is -0.449. The van der Waals surface area contributed by atoms with E-state index in [1.165, 1.54) is 37.4 Å². The van der Waals surface area contributed by atoms with Gasteiger partial charge in [-0.2, -0.15) is 0 Å². The van der Waals surface area contributed by atoms with Crippen LogP contribution in [0.15, 0.2) is 36.4 Å². The second-order valence-electron chi connectivity index (χ2n) is 4.95. The highest BCUT2D eigenvalue weighted by Crippen LogP contribution is 2.18. The van der Waals surface area contributed by atoms with E-state index in [1.54, 1.807) is 0 Å². The maximum atomic E-state index is 13.5. The Balaban J connectivity index is 1.83. The number of hydrogen-bond acceptors (Lipinski definition) is 4. The molecule has 0 radical (unpaired) electrons. The van der Waals surface area contributed by atoms with E-state index in [-0.39, 0.29) is 22.9 Å². The number of benzene rings is 2. The molecule has 0 spiro atoms. The van der Waals surface area contributed by atoms with E-state index in [1.807, 2.05) is 0 Å². The minimum Gasteiger partial charge on any atom is -0.494 e. The fourth-order valence-corrected chi connectivity index (χ4v) is 2.11. The summed E-state index contributed by atoms with van der Waals surface area (Å²) in [4.78, 5) is 23.5. The average Bonchev–Trinajstić information content (AvgIpc) is 2.60. The van der Waals surface area contributed by atoms with Crippen molar-refractivity contribution >= 4 is 23.5 Å². The van der Waals surface area contributed by atoms with Crippen LogP contribution in [0.1, 0.15) is 15.9 Å². The van der Waals surface area contributed by atoms with Gasteiger partial charge in [0.15, 0.2) is 18.2 Å². The Morgan fingerprint density at radius 2 is 1.88 bits per heavy atom. The molecular formula is C17H14ClF2NO4. The van der Waals surface area contributed by atoms with Crippen molar-refractivity contribution in [1.29, 1.82) is 0 Å². The summed E-state index contributed by atoms with van der Waals surface area (Å²) in [7, 11) is 1.30. The molecule has 2 aromatic carbocycles. The maximum Gasteiger partial charge on any atom is 0.338 e. The van der Waals surface area contributed by atoms with Crippen molar-refractivity contribution in [2.45, 2.75) is 6.54 Å². The smallest absolute Gasteiger partial charge is 0.338 e. The number of methoxy groups -OCH3 is 1. The van der Waals surface area contributed by atoms with Gasteiger partial charge in [0.25, 0.3) is 5.91 Å². The zero-order valence-electron chi connectivity index (χ0n) is 13.1. The van der Waals surface area contributed by atoms with Crippen LogP contribution in [-0.2, 0) is 16.1 Å². The van der Waals surface area contributed by atoms with Crippen LogP contribution in [0.3, 0.4) is 0 Å². The highest BCUT2D eigenvalue weighted by Gasteiger charge is 2.13. The third kappa shape index (κ3) is 5.15. The molecule has 1 N–H and O–H groups in total. The normalized spacial score (nSPS) is 10.2. The zero-order chi connectivity index (χ0) is 18.4. The van der Waals surface area contributed by atoms with Gasteiger partial charge in [0.2, 0.25) is 0 Å². The summed E-state index contributed by atoms with van der Waals surface area (Å²) in [5.41, 5.74) is 0.541. The van der Waals surface area contributed by atoms with Crippen LogP contribution < -0.4 is 10.1 Å². The number of carbonyl (C=O) groups excluding carboxylic acids is 2. The molecule has 0 fully saturated rings. The SMILES string of the molecule is COc1ccc(C(=O)OCC(=O)NCc2ccc(F)c(Cl)c2)cc1F. The molecule has 0 aromatic heterocycles. The fourth-order valence-electron chi connectivity index (χ4n) is 1.91. The minimum atomic E-state index is -0.846. The lowest BCUT2D eigenvalue weighted by Gasteiger charge is -2.08. The maximum absolute atomic E-state index is 13.5. The van der Waals surface area contributed by atoms with Crippen molar-refractivity contribution in [3.63, 3.8) is 0 Å². The molecule has 0 atom stereocenters. The molecule has 25 heavy (non-hydrogen) atoms. The van der Waals surface area contributed by atoms with Crippen molar-refractivity contribution in [2.24, 2.45) is 0 Å². The van der Waals surface area contributed by atoms with Gasteiger partial charge in [-0.3, -0.25) is 4.79 Å². The van der Waals surface area contributed by atoms with Gasteiger partial charge in [-0.25, -0.2) is 13.6 Å². The van der Waals surface area contributed by atoms with Gasteiger partial charge < -0.3 is 14.8 Å². The van der Waals surface area contributed by atoms with Crippen LogP contribution in [0.25, 0.3) is 0 Å². The monoisotopic (exact) mass is 369 g/mol. The van der Waals surface area contributed by atoms with Crippen molar-refractivity contribution in [1.82, 2.24) is 5.32 Å². The highest BCUT2D eigenvalue weighted by molar-refractivity contribution is 6.30. The van der Waals surface area contributed by atoms with Gasteiger partial charge in [0.05, 0.1) is 17.7 Å². The van der Waals surface area contributed by atoms with E-state index in [2.05, 4.69) is 5.32 Å². The van der Waals surface area contributed by atoms with Gasteiger partial charge in [0, 0.05) is 6.54 Å². The summed E-state index contributed by atoms with van der Waals surface area (Å²) in [6.07, 6.45) is 0. The predicted molar refractivity (Wildman–Crippen MR) is 86.5 cm³/mol. The average molecular weight is 370 g/mol. The molecule has 0 unspecified atom stereocenters. The number of carbonyl (C=O) groups is 2. The molecule has 0 aliphatic carbocycles. The highest BCUT2D eigenvalue weighted by atomic mass is 35.5. The summed E-state index contributed by atoms with van der Waals surface area (Å²) < 4.78 is 36.1. The van der Waals surface area contributed by atoms with E-state index < -0.39 is 30.1 Å². The fraction of sp³-hybridized carbons (Fsp3) is 0.176. The Morgan fingerprint density at radius 3 is 2.52 bits per heavy atom. The quantitative estimate of drug-likeness (QED) is 0.795. The second kappa shape index (κ2) is 8.43. The molecule has 0 saturated heterocycles. The number of ether oxygens (including phenoxy) is 2. The Morgan fingerprint density at radius 1 is 1.12 bits per heavy atom. The van der Waals surface area contributed by atoms with Crippen LogP contribution in [0, 0.1) is 11.6 Å². The van der Waals surface area contributed by atoms with Crippen LogP contribution in [-0.4, -0.2) is 25.6 Å². The van der Waals surface area contributed by atoms with Crippen molar-refractivity contribution in [3.05, 3.63) is 64.2 Å². The van der Waals surface area contributed by atoms with Crippen LogP contribution >= 0.6 is 11.6 Å². The largest absolute Gasteiger partial charge is 0.494 e. The lowest BCUT2D eigenvalue weighted by atomic mass is 10.2. The van der Waals surface area contributed by atoms with E-state index in [4.69, 9.17) is 21.1 Å². The lowest BCUT2D eigenvalue weighted by molar-refractivity contribution is -0.124. The molecule has 0 aliphatic heterocycles. The second-order valence-corrected chi connectivity index (χ2v) is 5.36. The Hall–Kier alpha value is -2.67. The summed E-state index contributed by atoms with van der Waals surface area (Å²) in [6, 6.07) is 7.59. The van der Waals surface area contributed by atoms with Crippen LogP contribution in [0.4, 0.5) is 8.78 Å². The van der Waals surface area contributed by atoms with Crippen molar-refractivity contribution in [3.8, 4) is 5.75 Å². The molecule has 132 valence electrons. The molecule has 0 aliphatic rings. The number of hydrogen-bond donors (Lipinski definition) is 1. The number of amides is 1. The molecule has 0 bridgehead atoms. The summed E-state index contributed by atoms with van der Waals surface area (Å²) in [5.74, 6) is -2.69. The van der Waals surface area contributed by atoms with Gasteiger partial charge in [-0.1, -0.05) is 17.7 Å². The third-order valence-corrected chi connectivity index (χ3v) is 3.49. The first-order valence-corrected chi connectivity index (χ1v) is 7.50. The molecule has 2 aromatic rings. The summed E-state index contributed by atoms with van der Waals surface area (Å²) >= 11 is 5.64.